The Balaban J connectivity index is 0.00000364. The van der Waals surface area contributed by atoms with Gasteiger partial charge < -0.3 is 45.5 Å². The van der Waals surface area contributed by atoms with Gasteiger partial charge in [0.1, 0.15) is 24.4 Å². The zero-order chi connectivity index (χ0) is 19.4. The van der Waals surface area contributed by atoms with Gasteiger partial charge in [-0.2, -0.15) is 0 Å². The molecule has 0 bridgehead atoms. The maximum absolute atomic E-state index is 12.0. The Morgan fingerprint density at radius 3 is 2.25 bits per heavy atom. The van der Waals surface area contributed by atoms with Crippen molar-refractivity contribution in [2.24, 2.45) is 0 Å². The van der Waals surface area contributed by atoms with Gasteiger partial charge in [0.15, 0.2) is 0 Å². The molecule has 1 aliphatic heterocycles. The van der Waals surface area contributed by atoms with Gasteiger partial charge in [0.05, 0.1) is 18.7 Å². The third-order valence-electron chi connectivity index (χ3n) is 4.13. The van der Waals surface area contributed by atoms with Gasteiger partial charge in [-0.1, -0.05) is 11.8 Å². The SMILES string of the molecule is O=C(CC[C@H]1O[C@H](CO)[C@@H](O)[C@H](O)[C@@H]1O)Nc1ccc([O-])c(C(=O)[O-])c1.[Na+].[Na+]. The first-order valence-corrected chi connectivity index (χ1v) is 7.87. The number of carbonyl (C=O) groups excluding carboxylic acids is 2. The van der Waals surface area contributed by atoms with Crippen molar-refractivity contribution in [2.45, 2.75) is 43.4 Å². The number of hydrogen-bond donors (Lipinski definition) is 5. The summed E-state index contributed by atoms with van der Waals surface area (Å²) in [6.45, 7) is -0.568. The number of ether oxygens (including phenoxy) is 1. The maximum Gasteiger partial charge on any atom is 1.00 e. The Bertz CT molecular complexity index is 674. The average molecular weight is 415 g/mol. The molecule has 1 saturated heterocycles. The van der Waals surface area contributed by atoms with Crippen molar-refractivity contribution >= 4 is 17.6 Å². The number of carbonyl (C=O) groups is 2. The molecule has 0 aliphatic carbocycles. The van der Waals surface area contributed by atoms with Crippen LogP contribution in [0.2, 0.25) is 0 Å². The van der Waals surface area contributed by atoms with Gasteiger partial charge in [0.2, 0.25) is 5.91 Å². The first-order chi connectivity index (χ1) is 12.2. The number of benzene rings is 1. The van der Waals surface area contributed by atoms with Gasteiger partial charge in [-0.25, -0.2) is 0 Å². The predicted octanol–water partition coefficient (Wildman–Crippen LogP) is -9.31. The Morgan fingerprint density at radius 1 is 1.07 bits per heavy atom. The van der Waals surface area contributed by atoms with Crippen molar-refractivity contribution in [3.05, 3.63) is 23.8 Å². The number of rotatable bonds is 6. The fraction of sp³-hybridized carbons (Fsp3) is 0.500. The van der Waals surface area contributed by atoms with Crippen LogP contribution in [-0.4, -0.2) is 69.4 Å². The number of hydrogen-bond acceptors (Lipinski definition) is 9. The average Bonchev–Trinajstić information content (AvgIpc) is 2.60. The molecule has 5 atom stereocenters. The van der Waals surface area contributed by atoms with Crippen LogP contribution in [0.25, 0.3) is 0 Å². The van der Waals surface area contributed by atoms with Gasteiger partial charge in [0.25, 0.3) is 0 Å². The van der Waals surface area contributed by atoms with Gasteiger partial charge in [-0.15, -0.1) is 0 Å². The molecule has 1 aliphatic rings. The van der Waals surface area contributed by atoms with Crippen molar-refractivity contribution in [3.63, 3.8) is 0 Å². The fourth-order valence-corrected chi connectivity index (χ4v) is 2.68. The van der Waals surface area contributed by atoms with Crippen LogP contribution in [-0.2, 0) is 9.53 Å². The van der Waals surface area contributed by atoms with E-state index in [0.717, 1.165) is 12.1 Å². The monoisotopic (exact) mass is 415 g/mol. The number of carboxylic acids is 1. The minimum Gasteiger partial charge on any atom is -0.872 e. The predicted molar refractivity (Wildman–Crippen MR) is 81.8 cm³/mol. The van der Waals surface area contributed by atoms with E-state index in [2.05, 4.69) is 5.32 Å². The molecule has 12 heteroatoms. The Hall–Kier alpha value is -0.240. The number of aliphatic hydroxyl groups excluding tert-OH is 4. The summed E-state index contributed by atoms with van der Waals surface area (Å²) < 4.78 is 5.28. The van der Waals surface area contributed by atoms with Crippen molar-refractivity contribution in [2.75, 3.05) is 11.9 Å². The van der Waals surface area contributed by atoms with Crippen LogP contribution in [0.3, 0.4) is 0 Å². The third kappa shape index (κ3) is 6.92. The van der Waals surface area contributed by atoms with E-state index < -0.39 is 60.3 Å². The molecule has 10 nitrogen and oxygen atoms in total. The molecular formula is C16H19NNa2O9. The number of aromatic carboxylic acids is 1. The van der Waals surface area contributed by atoms with Crippen LogP contribution in [0, 0.1) is 0 Å². The number of carboxylic acid groups (broad SMARTS) is 1. The third-order valence-corrected chi connectivity index (χ3v) is 4.13. The van der Waals surface area contributed by atoms with Crippen LogP contribution in [0.15, 0.2) is 18.2 Å². The van der Waals surface area contributed by atoms with Crippen molar-refractivity contribution < 1.29 is 104 Å². The first-order valence-electron chi connectivity index (χ1n) is 7.87. The fourth-order valence-electron chi connectivity index (χ4n) is 2.68. The van der Waals surface area contributed by atoms with E-state index in [1.54, 1.807) is 0 Å². The Kier molecular flexibility index (Phi) is 12.3. The van der Waals surface area contributed by atoms with Gasteiger partial charge >= 0.3 is 59.1 Å². The topological polar surface area (TPSA) is 182 Å². The van der Waals surface area contributed by atoms with E-state index in [-0.39, 0.29) is 77.6 Å². The Labute approximate surface area is 205 Å². The molecule has 0 spiro atoms. The molecule has 2 rings (SSSR count). The summed E-state index contributed by atoms with van der Waals surface area (Å²) in [5.74, 6) is -2.96. The second-order valence-corrected chi connectivity index (χ2v) is 5.95. The van der Waals surface area contributed by atoms with E-state index in [1.807, 2.05) is 0 Å². The quantitative estimate of drug-likeness (QED) is 0.282. The summed E-state index contributed by atoms with van der Waals surface area (Å²) in [5, 5.41) is 62.9. The van der Waals surface area contributed by atoms with Crippen molar-refractivity contribution in [1.29, 1.82) is 0 Å². The summed E-state index contributed by atoms with van der Waals surface area (Å²) in [4.78, 5) is 22.8. The molecular weight excluding hydrogens is 396 g/mol. The molecule has 0 saturated carbocycles. The molecule has 5 N–H and O–H groups in total. The molecule has 1 fully saturated rings. The van der Waals surface area contributed by atoms with Gasteiger partial charge in [-0.05, 0) is 24.1 Å². The zero-order valence-corrected chi connectivity index (χ0v) is 19.6. The minimum absolute atomic E-state index is 0. The van der Waals surface area contributed by atoms with Crippen molar-refractivity contribution in [1.82, 2.24) is 0 Å². The minimum atomic E-state index is -1.66. The molecule has 1 amide bonds. The van der Waals surface area contributed by atoms with E-state index in [9.17, 15) is 35.1 Å². The van der Waals surface area contributed by atoms with Crippen molar-refractivity contribution in [3.8, 4) is 5.75 Å². The van der Waals surface area contributed by atoms with Crippen LogP contribution in [0.5, 0.6) is 5.75 Å². The molecule has 1 heterocycles. The first kappa shape index (κ1) is 27.8. The number of amides is 1. The largest absolute Gasteiger partial charge is 1.00 e. The molecule has 1 aromatic rings. The molecule has 144 valence electrons. The molecule has 28 heavy (non-hydrogen) atoms. The maximum atomic E-state index is 12.0. The van der Waals surface area contributed by atoms with E-state index in [1.165, 1.54) is 6.07 Å². The second kappa shape index (κ2) is 12.5. The molecule has 0 radical (unpaired) electrons. The zero-order valence-electron chi connectivity index (χ0n) is 15.6. The summed E-state index contributed by atoms with van der Waals surface area (Å²) in [6.07, 6.45) is -6.68. The summed E-state index contributed by atoms with van der Waals surface area (Å²) in [7, 11) is 0. The summed E-state index contributed by atoms with van der Waals surface area (Å²) in [6, 6.07) is 3.20. The smallest absolute Gasteiger partial charge is 0.872 e. The van der Waals surface area contributed by atoms with E-state index in [4.69, 9.17) is 9.84 Å². The van der Waals surface area contributed by atoms with Crippen LogP contribution < -0.4 is 74.6 Å². The summed E-state index contributed by atoms with van der Waals surface area (Å²) in [5.41, 5.74) is -0.501. The van der Waals surface area contributed by atoms with E-state index >= 15 is 0 Å². The number of nitrogens with one attached hydrogen (secondary N) is 1. The molecule has 1 aromatic carbocycles. The standard InChI is InChI=1S/C16H21NO9.2Na/c18-6-11-14(22)15(23)13(21)10(26-11)3-4-12(20)17-7-1-2-9(19)8(5-7)16(24)25;;/h1-2,5,10-11,13-15,18-19,21-23H,3-4,6H2,(H,17,20)(H,24,25);;/q;2*+1/p-2/t10-,11-,13-,14-,15-;;/m1../s1. The normalized spacial score (nSPS) is 26.5. The summed E-state index contributed by atoms with van der Waals surface area (Å²) >= 11 is 0. The number of aliphatic hydroxyl groups is 4. The molecule has 0 aromatic heterocycles. The number of anilines is 1. The van der Waals surface area contributed by atoms with Gasteiger partial charge in [-0.3, -0.25) is 4.79 Å². The van der Waals surface area contributed by atoms with Crippen LogP contribution in [0.1, 0.15) is 23.2 Å². The van der Waals surface area contributed by atoms with Gasteiger partial charge in [0, 0.05) is 12.1 Å². The van der Waals surface area contributed by atoms with Crippen LogP contribution >= 0.6 is 0 Å². The van der Waals surface area contributed by atoms with Crippen LogP contribution in [0.4, 0.5) is 5.69 Å². The Morgan fingerprint density at radius 2 is 1.68 bits per heavy atom. The van der Waals surface area contributed by atoms with E-state index in [0.29, 0.717) is 0 Å². The molecule has 0 unspecified atom stereocenters. The second-order valence-electron chi connectivity index (χ2n) is 5.95.